The van der Waals surface area contributed by atoms with Gasteiger partial charge in [-0.05, 0) is 61.5 Å². The average molecular weight is 503 g/mol. The summed E-state index contributed by atoms with van der Waals surface area (Å²) >= 11 is 5.94. The zero-order chi connectivity index (χ0) is 24.7. The van der Waals surface area contributed by atoms with E-state index in [0.29, 0.717) is 28.8 Å². The number of hydrogen-bond acceptors (Lipinski definition) is 5. The molecule has 0 spiro atoms. The van der Waals surface area contributed by atoms with Gasteiger partial charge in [0.15, 0.2) is 0 Å². The van der Waals surface area contributed by atoms with Gasteiger partial charge in [-0.25, -0.2) is 8.42 Å². The first-order chi connectivity index (χ1) is 16.3. The molecule has 0 N–H and O–H groups in total. The first-order valence-corrected chi connectivity index (χ1v) is 12.4. The Labute approximate surface area is 205 Å². The Morgan fingerprint density at radius 2 is 1.62 bits per heavy atom. The summed E-state index contributed by atoms with van der Waals surface area (Å²) in [6.45, 7) is 2.23. The molecule has 34 heavy (non-hydrogen) atoms. The summed E-state index contributed by atoms with van der Waals surface area (Å²) in [5.74, 6) is 0.881. The molecule has 180 valence electrons. The standard InChI is InChI=1S/C25H27ClN2O5S/c1-4-33-22-13-11-21(12-14-22)28(34(30,31)23-15-9-20(26)10-16-23)18-25(29)27(2)17-19-7-5-6-8-24(19)32-3/h5-16H,4,17-18H2,1-3H3. The van der Waals surface area contributed by atoms with Crippen LogP contribution in [0.25, 0.3) is 0 Å². The molecular formula is C25H27ClN2O5S. The van der Waals surface area contributed by atoms with Gasteiger partial charge in [-0.3, -0.25) is 9.10 Å². The summed E-state index contributed by atoms with van der Waals surface area (Å²) in [5, 5.41) is 0.416. The van der Waals surface area contributed by atoms with E-state index in [1.54, 1.807) is 38.4 Å². The fourth-order valence-corrected chi connectivity index (χ4v) is 4.89. The van der Waals surface area contributed by atoms with Gasteiger partial charge in [-0.15, -0.1) is 0 Å². The van der Waals surface area contributed by atoms with Crippen molar-refractivity contribution in [2.45, 2.75) is 18.4 Å². The van der Waals surface area contributed by atoms with E-state index >= 15 is 0 Å². The number of para-hydroxylation sites is 1. The van der Waals surface area contributed by atoms with Crippen molar-refractivity contribution >= 4 is 33.2 Å². The maximum atomic E-state index is 13.5. The predicted octanol–water partition coefficient (Wildman–Crippen LogP) is 4.60. The number of methoxy groups -OCH3 is 1. The highest BCUT2D eigenvalue weighted by molar-refractivity contribution is 7.92. The molecule has 9 heteroatoms. The molecule has 3 aromatic rings. The molecule has 0 saturated carbocycles. The Balaban J connectivity index is 1.91. The van der Waals surface area contributed by atoms with Gasteiger partial charge in [-0.2, -0.15) is 0 Å². The lowest BCUT2D eigenvalue weighted by molar-refractivity contribution is -0.128. The zero-order valence-corrected chi connectivity index (χ0v) is 20.8. The highest BCUT2D eigenvalue weighted by Crippen LogP contribution is 2.27. The van der Waals surface area contributed by atoms with Crippen LogP contribution in [0.4, 0.5) is 5.69 Å². The first-order valence-electron chi connectivity index (χ1n) is 10.6. The Morgan fingerprint density at radius 3 is 2.24 bits per heavy atom. The lowest BCUT2D eigenvalue weighted by atomic mass is 10.2. The van der Waals surface area contributed by atoms with Gasteiger partial charge in [0.05, 0.1) is 24.3 Å². The first kappa shape index (κ1) is 25.4. The summed E-state index contributed by atoms with van der Waals surface area (Å²) in [6, 6.07) is 19.8. The van der Waals surface area contributed by atoms with Crippen molar-refractivity contribution in [2.75, 3.05) is 31.6 Å². The molecule has 0 aliphatic rings. The molecule has 0 unspecified atom stereocenters. The molecule has 0 atom stereocenters. The van der Waals surface area contributed by atoms with Gasteiger partial charge in [0.25, 0.3) is 10.0 Å². The largest absolute Gasteiger partial charge is 0.496 e. The molecule has 1 amide bonds. The van der Waals surface area contributed by atoms with Crippen molar-refractivity contribution in [3.8, 4) is 11.5 Å². The second-order valence-corrected chi connectivity index (χ2v) is 9.75. The molecule has 0 aliphatic carbocycles. The normalized spacial score (nSPS) is 11.1. The van der Waals surface area contributed by atoms with Crippen LogP contribution in [0.2, 0.25) is 5.02 Å². The van der Waals surface area contributed by atoms with Crippen molar-refractivity contribution in [3.63, 3.8) is 0 Å². The smallest absolute Gasteiger partial charge is 0.264 e. The molecule has 0 radical (unpaired) electrons. The van der Waals surface area contributed by atoms with E-state index in [4.69, 9.17) is 21.1 Å². The van der Waals surface area contributed by atoms with Gasteiger partial charge < -0.3 is 14.4 Å². The van der Waals surface area contributed by atoms with E-state index < -0.39 is 10.0 Å². The van der Waals surface area contributed by atoms with E-state index in [-0.39, 0.29) is 23.9 Å². The molecule has 3 rings (SSSR count). The predicted molar refractivity (Wildman–Crippen MR) is 133 cm³/mol. The van der Waals surface area contributed by atoms with Gasteiger partial charge >= 0.3 is 0 Å². The van der Waals surface area contributed by atoms with Gasteiger partial charge in [0, 0.05) is 24.2 Å². The highest BCUT2D eigenvalue weighted by Gasteiger charge is 2.28. The van der Waals surface area contributed by atoms with Crippen molar-refractivity contribution in [3.05, 3.63) is 83.4 Å². The average Bonchev–Trinajstić information content (AvgIpc) is 2.83. The minimum atomic E-state index is -4.05. The lowest BCUT2D eigenvalue weighted by Gasteiger charge is -2.27. The Hall–Kier alpha value is -3.23. The number of benzene rings is 3. The number of anilines is 1. The molecule has 0 aliphatic heterocycles. The number of amides is 1. The van der Waals surface area contributed by atoms with E-state index in [1.165, 1.54) is 29.2 Å². The van der Waals surface area contributed by atoms with Gasteiger partial charge in [0.2, 0.25) is 5.91 Å². The summed E-state index contributed by atoms with van der Waals surface area (Å²) < 4.78 is 39.0. The van der Waals surface area contributed by atoms with E-state index in [1.807, 2.05) is 31.2 Å². The molecule has 3 aromatic carbocycles. The second kappa shape index (κ2) is 11.3. The molecule has 7 nitrogen and oxygen atoms in total. The van der Waals surface area contributed by atoms with Crippen LogP contribution in [0.5, 0.6) is 11.5 Å². The van der Waals surface area contributed by atoms with Crippen molar-refractivity contribution in [2.24, 2.45) is 0 Å². The summed E-state index contributed by atoms with van der Waals surface area (Å²) in [5.41, 5.74) is 1.16. The minimum absolute atomic E-state index is 0.0333. The van der Waals surface area contributed by atoms with Crippen LogP contribution < -0.4 is 13.8 Å². The van der Waals surface area contributed by atoms with Crippen LogP contribution in [0.1, 0.15) is 12.5 Å². The van der Waals surface area contributed by atoms with Crippen molar-refractivity contribution in [1.82, 2.24) is 4.90 Å². The minimum Gasteiger partial charge on any atom is -0.496 e. The number of carbonyl (C=O) groups excluding carboxylic acids is 1. The number of ether oxygens (including phenoxy) is 2. The number of halogens is 1. The Kier molecular flexibility index (Phi) is 8.41. The lowest BCUT2D eigenvalue weighted by Crippen LogP contribution is -2.41. The third-order valence-electron chi connectivity index (χ3n) is 5.14. The van der Waals surface area contributed by atoms with Crippen LogP contribution in [0, 0.1) is 0 Å². The van der Waals surface area contributed by atoms with Crippen LogP contribution in [0.15, 0.2) is 77.7 Å². The van der Waals surface area contributed by atoms with E-state index in [0.717, 1.165) is 9.87 Å². The molecular weight excluding hydrogens is 476 g/mol. The fraction of sp³-hybridized carbons (Fsp3) is 0.240. The Bertz CT molecular complexity index is 1210. The number of hydrogen-bond donors (Lipinski definition) is 0. The summed E-state index contributed by atoms with van der Waals surface area (Å²) in [7, 11) is -0.861. The second-order valence-electron chi connectivity index (χ2n) is 7.45. The highest BCUT2D eigenvalue weighted by atomic mass is 35.5. The fourth-order valence-electron chi connectivity index (χ4n) is 3.34. The van der Waals surface area contributed by atoms with Crippen LogP contribution in [-0.2, 0) is 21.4 Å². The maximum absolute atomic E-state index is 13.5. The molecule has 0 fully saturated rings. The number of sulfonamides is 1. The van der Waals surface area contributed by atoms with Crippen LogP contribution in [-0.4, -0.2) is 46.5 Å². The van der Waals surface area contributed by atoms with E-state index in [9.17, 15) is 13.2 Å². The number of likely N-dealkylation sites (N-methyl/N-ethyl adjacent to an activating group) is 1. The molecule has 0 heterocycles. The third-order valence-corrected chi connectivity index (χ3v) is 7.18. The zero-order valence-electron chi connectivity index (χ0n) is 19.3. The quantitative estimate of drug-likeness (QED) is 0.405. The summed E-state index contributed by atoms with van der Waals surface area (Å²) in [4.78, 5) is 14.7. The molecule has 0 saturated heterocycles. The number of carbonyl (C=O) groups is 1. The topological polar surface area (TPSA) is 76.2 Å². The van der Waals surface area contributed by atoms with Crippen molar-refractivity contribution < 1.29 is 22.7 Å². The molecule has 0 aromatic heterocycles. The third kappa shape index (κ3) is 6.01. The van der Waals surface area contributed by atoms with Gasteiger partial charge in [-0.1, -0.05) is 29.8 Å². The summed E-state index contributed by atoms with van der Waals surface area (Å²) in [6.07, 6.45) is 0. The Morgan fingerprint density at radius 1 is 0.971 bits per heavy atom. The maximum Gasteiger partial charge on any atom is 0.264 e. The van der Waals surface area contributed by atoms with Gasteiger partial charge in [0.1, 0.15) is 18.0 Å². The van der Waals surface area contributed by atoms with Crippen LogP contribution in [0.3, 0.4) is 0 Å². The molecule has 0 bridgehead atoms. The van der Waals surface area contributed by atoms with Crippen LogP contribution >= 0.6 is 11.6 Å². The monoisotopic (exact) mass is 502 g/mol. The number of rotatable bonds is 10. The van der Waals surface area contributed by atoms with E-state index in [2.05, 4.69) is 0 Å². The number of nitrogens with zero attached hydrogens (tertiary/aromatic N) is 2. The van der Waals surface area contributed by atoms with Crippen molar-refractivity contribution in [1.29, 1.82) is 0 Å². The SMILES string of the molecule is CCOc1ccc(N(CC(=O)N(C)Cc2ccccc2OC)S(=O)(=O)c2ccc(Cl)cc2)cc1.